The lowest BCUT2D eigenvalue weighted by molar-refractivity contribution is 0.612. The van der Waals surface area contributed by atoms with Gasteiger partial charge in [0.2, 0.25) is 0 Å². The number of nitrogens with zero attached hydrogens (tertiary/aromatic N) is 1. The normalized spacial score (nSPS) is 12.3. The number of halogens is 2. The van der Waals surface area contributed by atoms with Crippen molar-refractivity contribution in [2.24, 2.45) is 5.73 Å². The van der Waals surface area contributed by atoms with Gasteiger partial charge in [-0.25, -0.2) is 8.78 Å². The quantitative estimate of drug-likeness (QED) is 0.901. The van der Waals surface area contributed by atoms with Crippen LogP contribution < -0.4 is 10.6 Å². The van der Waals surface area contributed by atoms with E-state index in [1.165, 1.54) is 18.2 Å². The SMILES string of the molecule is CCN(c1cccc(F)c1)c1cc(C)c(F)cc1C(C)N. The van der Waals surface area contributed by atoms with E-state index in [9.17, 15) is 8.78 Å². The summed E-state index contributed by atoms with van der Waals surface area (Å²) in [5.74, 6) is -0.575. The Hall–Kier alpha value is -1.94. The van der Waals surface area contributed by atoms with Crippen LogP contribution in [0.2, 0.25) is 0 Å². The summed E-state index contributed by atoms with van der Waals surface area (Å²) in [4.78, 5) is 1.94. The van der Waals surface area contributed by atoms with Gasteiger partial charge in [0.05, 0.1) is 0 Å². The zero-order valence-electron chi connectivity index (χ0n) is 12.5. The molecular weight excluding hydrogens is 270 g/mol. The fourth-order valence-corrected chi connectivity index (χ4v) is 2.42. The van der Waals surface area contributed by atoms with Crippen molar-refractivity contribution in [1.82, 2.24) is 0 Å². The molecule has 0 aromatic heterocycles. The molecule has 112 valence electrons. The molecule has 2 N–H and O–H groups in total. The molecule has 21 heavy (non-hydrogen) atoms. The van der Waals surface area contributed by atoms with E-state index in [1.807, 2.05) is 24.8 Å². The number of benzene rings is 2. The van der Waals surface area contributed by atoms with Gasteiger partial charge in [0, 0.05) is 24.0 Å². The summed E-state index contributed by atoms with van der Waals surface area (Å²) in [6.45, 7) is 6.12. The van der Waals surface area contributed by atoms with Crippen molar-refractivity contribution in [3.05, 3.63) is 59.2 Å². The first-order chi connectivity index (χ1) is 9.93. The molecule has 0 amide bonds. The molecule has 2 nitrogen and oxygen atoms in total. The van der Waals surface area contributed by atoms with E-state index < -0.39 is 0 Å². The Bertz CT molecular complexity index is 639. The van der Waals surface area contributed by atoms with E-state index >= 15 is 0 Å². The predicted molar refractivity (Wildman–Crippen MR) is 82.8 cm³/mol. The number of nitrogens with two attached hydrogens (primary N) is 1. The second kappa shape index (κ2) is 6.22. The van der Waals surface area contributed by atoms with E-state index in [2.05, 4.69) is 0 Å². The molecule has 2 aromatic carbocycles. The fraction of sp³-hybridized carbons (Fsp3) is 0.294. The van der Waals surface area contributed by atoms with E-state index in [0.29, 0.717) is 17.7 Å². The smallest absolute Gasteiger partial charge is 0.126 e. The largest absolute Gasteiger partial charge is 0.341 e. The van der Waals surface area contributed by atoms with Gasteiger partial charge in [-0.05, 0) is 62.2 Å². The third-order valence-corrected chi connectivity index (χ3v) is 3.53. The topological polar surface area (TPSA) is 29.3 Å². The molecule has 0 spiro atoms. The van der Waals surface area contributed by atoms with Crippen LogP contribution in [-0.4, -0.2) is 6.54 Å². The first-order valence-electron chi connectivity index (χ1n) is 7.02. The highest BCUT2D eigenvalue weighted by Gasteiger charge is 2.17. The Labute approximate surface area is 124 Å². The lowest BCUT2D eigenvalue weighted by Gasteiger charge is -2.28. The minimum Gasteiger partial charge on any atom is -0.341 e. The van der Waals surface area contributed by atoms with Gasteiger partial charge in [-0.3, -0.25) is 0 Å². The number of rotatable bonds is 4. The monoisotopic (exact) mass is 290 g/mol. The van der Waals surface area contributed by atoms with Gasteiger partial charge in [0.25, 0.3) is 0 Å². The van der Waals surface area contributed by atoms with Crippen molar-refractivity contribution in [1.29, 1.82) is 0 Å². The molecule has 2 rings (SSSR count). The Morgan fingerprint density at radius 3 is 2.48 bits per heavy atom. The van der Waals surface area contributed by atoms with Crippen LogP contribution in [0.25, 0.3) is 0 Å². The van der Waals surface area contributed by atoms with E-state index in [-0.39, 0.29) is 17.7 Å². The van der Waals surface area contributed by atoms with E-state index in [4.69, 9.17) is 5.73 Å². The summed E-state index contributed by atoms with van der Waals surface area (Å²) in [5, 5.41) is 0. The van der Waals surface area contributed by atoms with Crippen molar-refractivity contribution in [3.8, 4) is 0 Å². The minimum atomic E-state index is -0.308. The predicted octanol–water partition coefficient (Wildman–Crippen LogP) is 4.45. The summed E-state index contributed by atoms with van der Waals surface area (Å²) in [6, 6.07) is 9.29. The number of aryl methyl sites for hydroxylation is 1. The molecule has 0 heterocycles. The van der Waals surface area contributed by atoms with E-state index in [1.54, 1.807) is 19.1 Å². The van der Waals surface area contributed by atoms with E-state index in [0.717, 1.165) is 11.4 Å². The molecule has 0 saturated heterocycles. The Balaban J connectivity index is 2.59. The second-order valence-electron chi connectivity index (χ2n) is 5.17. The average Bonchev–Trinajstić information content (AvgIpc) is 2.43. The second-order valence-corrected chi connectivity index (χ2v) is 5.17. The standard InChI is InChI=1S/C17H20F2N2/c1-4-21(14-7-5-6-13(18)9-14)17-8-11(2)16(19)10-15(17)12(3)20/h5-10,12H,4,20H2,1-3H3. The van der Waals surface area contributed by atoms with Crippen LogP contribution in [0.15, 0.2) is 36.4 Å². The highest BCUT2D eigenvalue weighted by Crippen LogP contribution is 2.33. The molecule has 0 aliphatic carbocycles. The summed E-state index contributed by atoms with van der Waals surface area (Å²) in [6.07, 6.45) is 0. The minimum absolute atomic E-state index is 0.277. The molecule has 2 aromatic rings. The van der Waals surface area contributed by atoms with Gasteiger partial charge in [-0.1, -0.05) is 6.07 Å². The Morgan fingerprint density at radius 2 is 1.90 bits per heavy atom. The van der Waals surface area contributed by atoms with Crippen LogP contribution in [0.5, 0.6) is 0 Å². The molecule has 1 unspecified atom stereocenters. The average molecular weight is 290 g/mol. The lowest BCUT2D eigenvalue weighted by Crippen LogP contribution is -2.20. The lowest BCUT2D eigenvalue weighted by atomic mass is 10.0. The third-order valence-electron chi connectivity index (χ3n) is 3.53. The van der Waals surface area contributed by atoms with Crippen LogP contribution in [0.4, 0.5) is 20.2 Å². The summed E-state index contributed by atoms with van der Waals surface area (Å²) in [7, 11) is 0. The molecule has 4 heteroatoms. The van der Waals surface area contributed by atoms with Crippen molar-refractivity contribution < 1.29 is 8.78 Å². The van der Waals surface area contributed by atoms with Gasteiger partial charge in [0.15, 0.2) is 0 Å². The zero-order valence-corrected chi connectivity index (χ0v) is 12.5. The van der Waals surface area contributed by atoms with Crippen LogP contribution in [0.3, 0.4) is 0 Å². The summed E-state index contributed by atoms with van der Waals surface area (Å²) in [5.41, 5.74) is 8.77. The van der Waals surface area contributed by atoms with Crippen molar-refractivity contribution >= 4 is 11.4 Å². The van der Waals surface area contributed by atoms with Gasteiger partial charge in [-0.2, -0.15) is 0 Å². The molecule has 0 aliphatic rings. The Kier molecular flexibility index (Phi) is 4.58. The maximum atomic E-state index is 13.8. The maximum Gasteiger partial charge on any atom is 0.126 e. The van der Waals surface area contributed by atoms with Crippen molar-refractivity contribution in [2.45, 2.75) is 26.8 Å². The highest BCUT2D eigenvalue weighted by atomic mass is 19.1. The molecular formula is C17H20F2N2. The van der Waals surface area contributed by atoms with Gasteiger partial charge in [-0.15, -0.1) is 0 Å². The molecule has 1 atom stereocenters. The molecule has 0 fully saturated rings. The van der Waals surface area contributed by atoms with Gasteiger partial charge < -0.3 is 10.6 Å². The molecule has 0 bridgehead atoms. The van der Waals surface area contributed by atoms with Gasteiger partial charge >= 0.3 is 0 Å². The summed E-state index contributed by atoms with van der Waals surface area (Å²) < 4.78 is 27.3. The highest BCUT2D eigenvalue weighted by molar-refractivity contribution is 5.68. The van der Waals surface area contributed by atoms with Crippen molar-refractivity contribution in [3.63, 3.8) is 0 Å². The fourth-order valence-electron chi connectivity index (χ4n) is 2.42. The number of hydrogen-bond acceptors (Lipinski definition) is 2. The van der Waals surface area contributed by atoms with Gasteiger partial charge in [0.1, 0.15) is 11.6 Å². The number of anilines is 2. The van der Waals surface area contributed by atoms with Crippen LogP contribution in [-0.2, 0) is 0 Å². The van der Waals surface area contributed by atoms with Crippen LogP contribution in [0.1, 0.15) is 31.0 Å². The first-order valence-corrected chi connectivity index (χ1v) is 7.02. The Morgan fingerprint density at radius 1 is 1.19 bits per heavy atom. The molecule has 0 radical (unpaired) electrons. The van der Waals surface area contributed by atoms with Crippen LogP contribution in [0, 0.1) is 18.6 Å². The zero-order chi connectivity index (χ0) is 15.6. The first kappa shape index (κ1) is 15.4. The van der Waals surface area contributed by atoms with Crippen LogP contribution >= 0.6 is 0 Å². The summed E-state index contributed by atoms with van der Waals surface area (Å²) >= 11 is 0. The number of hydrogen-bond donors (Lipinski definition) is 1. The molecule has 0 saturated carbocycles. The molecule has 0 aliphatic heterocycles. The van der Waals surface area contributed by atoms with Crippen molar-refractivity contribution in [2.75, 3.05) is 11.4 Å². The maximum absolute atomic E-state index is 13.8. The third kappa shape index (κ3) is 3.22.